The molecule has 4 heteroatoms. The number of benzene rings is 3. The molecule has 0 amide bonds. The topological polar surface area (TPSA) is 60.4 Å². The zero-order valence-corrected chi connectivity index (χ0v) is 17.6. The Hall–Kier alpha value is -3.53. The first-order valence-corrected chi connectivity index (χ1v) is 9.77. The number of Topliss-reactive ketones (excluding diaryl/α,β-unsaturated/α-hetero) is 1. The first kappa shape index (κ1) is 21.2. The van der Waals surface area contributed by atoms with Crippen LogP contribution in [0.15, 0.2) is 60.7 Å². The number of aryl methyl sites for hydroxylation is 2. The number of ether oxygens (including phenoxy) is 1. The number of carbonyl (C=O) groups excluding carboxylic acids is 3. The van der Waals surface area contributed by atoms with E-state index in [1.807, 2.05) is 39.8 Å². The molecule has 0 heterocycles. The highest BCUT2D eigenvalue weighted by atomic mass is 16.5. The molecule has 3 rings (SSSR count). The van der Waals surface area contributed by atoms with Crippen LogP contribution in [-0.4, -0.2) is 24.1 Å². The third kappa shape index (κ3) is 4.23. The quantitative estimate of drug-likeness (QED) is 0.422. The summed E-state index contributed by atoms with van der Waals surface area (Å²) in [6.45, 7) is 7.32. The molecule has 152 valence electrons. The fourth-order valence-corrected chi connectivity index (χ4v) is 3.52. The van der Waals surface area contributed by atoms with Crippen LogP contribution in [-0.2, 0) is 4.74 Å². The summed E-state index contributed by atoms with van der Waals surface area (Å²) in [5.74, 6) is -1.21. The zero-order valence-electron chi connectivity index (χ0n) is 17.6. The van der Waals surface area contributed by atoms with Crippen LogP contribution in [0, 0.1) is 27.7 Å². The molecule has 0 aliphatic heterocycles. The van der Waals surface area contributed by atoms with Crippen LogP contribution in [0.3, 0.4) is 0 Å². The maximum absolute atomic E-state index is 12.8. The van der Waals surface area contributed by atoms with Gasteiger partial charge in [0, 0.05) is 16.7 Å². The van der Waals surface area contributed by atoms with E-state index in [2.05, 4.69) is 0 Å². The second-order valence-electron chi connectivity index (χ2n) is 7.38. The molecule has 0 aromatic heterocycles. The van der Waals surface area contributed by atoms with Crippen LogP contribution in [0.1, 0.15) is 58.9 Å². The van der Waals surface area contributed by atoms with E-state index in [1.165, 1.54) is 6.07 Å². The van der Waals surface area contributed by atoms with Gasteiger partial charge in [-0.25, -0.2) is 4.79 Å². The highest BCUT2D eigenvalue weighted by Crippen LogP contribution is 2.22. The number of hydrogen-bond donors (Lipinski definition) is 0. The van der Waals surface area contributed by atoms with E-state index in [0.717, 1.165) is 22.3 Å². The molecule has 0 N–H and O–H groups in total. The van der Waals surface area contributed by atoms with Crippen molar-refractivity contribution in [3.8, 4) is 0 Å². The molecule has 3 aromatic carbocycles. The summed E-state index contributed by atoms with van der Waals surface area (Å²) in [4.78, 5) is 38.4. The second kappa shape index (κ2) is 8.87. The van der Waals surface area contributed by atoms with Crippen molar-refractivity contribution in [1.82, 2.24) is 0 Å². The molecule has 3 aromatic rings. The molecule has 0 saturated heterocycles. The lowest BCUT2D eigenvalue weighted by atomic mass is 9.92. The fourth-order valence-electron chi connectivity index (χ4n) is 3.52. The SMILES string of the molecule is Cc1cc(C)c(C)c(C(=O)COC(=O)c2ccccc2C(=O)c2ccccc2)c1C. The van der Waals surface area contributed by atoms with Gasteiger partial charge in [-0.15, -0.1) is 0 Å². The third-order valence-corrected chi connectivity index (χ3v) is 5.41. The Bertz CT molecular complexity index is 1100. The van der Waals surface area contributed by atoms with E-state index in [-0.39, 0.29) is 29.3 Å². The van der Waals surface area contributed by atoms with Crippen LogP contribution in [0.2, 0.25) is 0 Å². The van der Waals surface area contributed by atoms with Crippen molar-refractivity contribution in [2.45, 2.75) is 27.7 Å². The summed E-state index contributed by atoms with van der Waals surface area (Å²) in [7, 11) is 0. The Kier molecular flexibility index (Phi) is 6.26. The van der Waals surface area contributed by atoms with Gasteiger partial charge in [-0.2, -0.15) is 0 Å². The summed E-state index contributed by atoms with van der Waals surface area (Å²) in [5, 5.41) is 0. The Labute approximate surface area is 176 Å². The van der Waals surface area contributed by atoms with Gasteiger partial charge in [0.2, 0.25) is 5.78 Å². The Balaban J connectivity index is 1.82. The minimum Gasteiger partial charge on any atom is -0.454 e. The number of carbonyl (C=O) groups is 3. The van der Waals surface area contributed by atoms with Crippen LogP contribution in [0.5, 0.6) is 0 Å². The molecule has 0 aliphatic rings. The van der Waals surface area contributed by atoms with Crippen molar-refractivity contribution in [1.29, 1.82) is 0 Å². The van der Waals surface area contributed by atoms with E-state index in [9.17, 15) is 14.4 Å². The van der Waals surface area contributed by atoms with Crippen molar-refractivity contribution in [3.63, 3.8) is 0 Å². The number of hydrogen-bond acceptors (Lipinski definition) is 4. The molecular weight excluding hydrogens is 376 g/mol. The van der Waals surface area contributed by atoms with E-state index in [4.69, 9.17) is 4.74 Å². The molecule has 0 fully saturated rings. The molecule has 0 saturated carbocycles. The highest BCUT2D eigenvalue weighted by Gasteiger charge is 2.21. The molecule has 0 bridgehead atoms. The van der Waals surface area contributed by atoms with Gasteiger partial charge >= 0.3 is 5.97 Å². The van der Waals surface area contributed by atoms with Crippen molar-refractivity contribution < 1.29 is 19.1 Å². The molecule has 4 nitrogen and oxygen atoms in total. The summed E-state index contributed by atoms with van der Waals surface area (Å²) < 4.78 is 5.32. The van der Waals surface area contributed by atoms with E-state index in [0.29, 0.717) is 11.1 Å². The van der Waals surface area contributed by atoms with Crippen molar-refractivity contribution in [3.05, 3.63) is 105 Å². The lowest BCUT2D eigenvalue weighted by Gasteiger charge is -2.15. The van der Waals surface area contributed by atoms with Gasteiger partial charge in [-0.05, 0) is 56.0 Å². The molecule has 0 aliphatic carbocycles. The van der Waals surface area contributed by atoms with Crippen LogP contribution in [0.4, 0.5) is 0 Å². The fraction of sp³-hybridized carbons (Fsp3) is 0.192. The third-order valence-electron chi connectivity index (χ3n) is 5.41. The van der Waals surface area contributed by atoms with Crippen LogP contribution < -0.4 is 0 Å². The first-order chi connectivity index (χ1) is 14.3. The summed E-state index contributed by atoms with van der Waals surface area (Å²) >= 11 is 0. The van der Waals surface area contributed by atoms with E-state index in [1.54, 1.807) is 42.5 Å². The van der Waals surface area contributed by atoms with Crippen molar-refractivity contribution >= 4 is 17.5 Å². The lowest BCUT2D eigenvalue weighted by Crippen LogP contribution is -2.19. The van der Waals surface area contributed by atoms with Gasteiger partial charge in [0.05, 0.1) is 5.56 Å². The molecule has 30 heavy (non-hydrogen) atoms. The van der Waals surface area contributed by atoms with Crippen LogP contribution in [0.25, 0.3) is 0 Å². The Morgan fingerprint density at radius 1 is 0.733 bits per heavy atom. The minimum absolute atomic E-state index is 0.146. The summed E-state index contributed by atoms with van der Waals surface area (Å²) in [6.07, 6.45) is 0. The molecule has 0 unspecified atom stereocenters. The second-order valence-corrected chi connectivity index (χ2v) is 7.38. The van der Waals surface area contributed by atoms with E-state index >= 15 is 0 Å². The molecular formula is C26H24O4. The number of ketones is 2. The average Bonchev–Trinajstić information content (AvgIpc) is 2.76. The number of rotatable bonds is 6. The first-order valence-electron chi connectivity index (χ1n) is 9.77. The largest absolute Gasteiger partial charge is 0.454 e. The zero-order chi connectivity index (χ0) is 21.8. The van der Waals surface area contributed by atoms with E-state index < -0.39 is 5.97 Å². The molecule has 0 spiro atoms. The molecule has 0 atom stereocenters. The molecule has 0 radical (unpaired) electrons. The van der Waals surface area contributed by atoms with Crippen LogP contribution >= 0.6 is 0 Å². The normalized spacial score (nSPS) is 10.5. The highest BCUT2D eigenvalue weighted by molar-refractivity contribution is 6.14. The predicted octanol–water partition coefficient (Wildman–Crippen LogP) is 5.19. The van der Waals surface area contributed by atoms with Gasteiger partial charge in [-0.3, -0.25) is 9.59 Å². The Morgan fingerprint density at radius 2 is 1.27 bits per heavy atom. The maximum atomic E-state index is 12.8. The van der Waals surface area contributed by atoms with Gasteiger partial charge in [0.25, 0.3) is 0 Å². The minimum atomic E-state index is -0.692. The van der Waals surface area contributed by atoms with Gasteiger partial charge in [-0.1, -0.05) is 54.6 Å². The van der Waals surface area contributed by atoms with Crippen molar-refractivity contribution in [2.75, 3.05) is 6.61 Å². The summed E-state index contributed by atoms with van der Waals surface area (Å²) in [5.41, 5.74) is 5.29. The lowest BCUT2D eigenvalue weighted by molar-refractivity contribution is 0.0472. The van der Waals surface area contributed by atoms with Gasteiger partial charge < -0.3 is 4.74 Å². The monoisotopic (exact) mass is 400 g/mol. The van der Waals surface area contributed by atoms with Crippen molar-refractivity contribution in [2.24, 2.45) is 0 Å². The number of esters is 1. The standard InChI is InChI=1S/C26H24O4/c1-16-14-17(2)19(4)24(18(16)3)23(27)15-30-26(29)22-13-9-8-12-21(22)25(28)20-10-6-5-7-11-20/h5-14H,15H2,1-4H3. The Morgan fingerprint density at radius 3 is 1.87 bits per heavy atom. The van der Waals surface area contributed by atoms with Gasteiger partial charge in [0.15, 0.2) is 12.4 Å². The predicted molar refractivity (Wildman–Crippen MR) is 116 cm³/mol. The summed E-state index contributed by atoms with van der Waals surface area (Å²) in [6, 6.07) is 17.3. The average molecular weight is 400 g/mol. The van der Waals surface area contributed by atoms with Gasteiger partial charge in [0.1, 0.15) is 0 Å². The maximum Gasteiger partial charge on any atom is 0.339 e. The smallest absolute Gasteiger partial charge is 0.339 e.